The Morgan fingerprint density at radius 2 is 1.39 bits per heavy atom. The molecule has 0 unspecified atom stereocenters. The molecule has 2 aliphatic rings. The average Bonchev–Trinajstić information content (AvgIpc) is 2.37. The first-order valence-corrected chi connectivity index (χ1v) is 7.58. The van der Waals surface area contributed by atoms with Crippen molar-refractivity contribution in [3.63, 3.8) is 0 Å². The Kier molecular flexibility index (Phi) is 5.05. The van der Waals surface area contributed by atoms with Gasteiger partial charge in [0.2, 0.25) is 0 Å². The molecule has 2 rings (SSSR count). The Morgan fingerprint density at radius 1 is 0.889 bits per heavy atom. The van der Waals surface area contributed by atoms with Crippen molar-refractivity contribution in [2.75, 3.05) is 52.5 Å². The standard InChI is InChI=1S/C15H30N2O/c1-15(2,3)14-4-6-16(7-5-14)8-9-17-10-12-18-13-11-17/h14H,4-13H2,1-3H3. The van der Waals surface area contributed by atoms with E-state index in [1.165, 1.54) is 39.0 Å². The fourth-order valence-electron chi connectivity index (χ4n) is 3.13. The number of ether oxygens (including phenoxy) is 1. The summed E-state index contributed by atoms with van der Waals surface area (Å²) in [5.41, 5.74) is 0.496. The highest BCUT2D eigenvalue weighted by Crippen LogP contribution is 2.34. The molecule has 0 aromatic heterocycles. The molecule has 0 aromatic carbocycles. The summed E-state index contributed by atoms with van der Waals surface area (Å²) in [5, 5.41) is 0. The summed E-state index contributed by atoms with van der Waals surface area (Å²) in [6.07, 6.45) is 2.76. The summed E-state index contributed by atoms with van der Waals surface area (Å²) in [6, 6.07) is 0. The number of morpholine rings is 1. The van der Waals surface area contributed by atoms with Crippen molar-refractivity contribution >= 4 is 0 Å². The van der Waals surface area contributed by atoms with E-state index in [-0.39, 0.29) is 0 Å². The van der Waals surface area contributed by atoms with E-state index in [9.17, 15) is 0 Å². The molecule has 0 spiro atoms. The lowest BCUT2D eigenvalue weighted by Gasteiger charge is -2.39. The maximum atomic E-state index is 5.39. The first kappa shape index (κ1) is 14.3. The zero-order valence-corrected chi connectivity index (χ0v) is 12.5. The molecule has 2 fully saturated rings. The highest BCUT2D eigenvalue weighted by molar-refractivity contribution is 4.81. The highest BCUT2D eigenvalue weighted by atomic mass is 16.5. The van der Waals surface area contributed by atoms with Gasteiger partial charge in [-0.1, -0.05) is 20.8 Å². The van der Waals surface area contributed by atoms with Crippen LogP contribution in [0, 0.1) is 11.3 Å². The van der Waals surface area contributed by atoms with Gasteiger partial charge in [0.05, 0.1) is 13.2 Å². The topological polar surface area (TPSA) is 15.7 Å². The molecular weight excluding hydrogens is 224 g/mol. The van der Waals surface area contributed by atoms with E-state index in [0.29, 0.717) is 5.41 Å². The Hall–Kier alpha value is -0.120. The first-order valence-electron chi connectivity index (χ1n) is 7.58. The largest absolute Gasteiger partial charge is 0.379 e. The minimum atomic E-state index is 0.496. The molecule has 2 heterocycles. The van der Waals surface area contributed by atoms with Crippen LogP contribution in [-0.2, 0) is 4.74 Å². The van der Waals surface area contributed by atoms with Gasteiger partial charge >= 0.3 is 0 Å². The summed E-state index contributed by atoms with van der Waals surface area (Å²) in [4.78, 5) is 5.19. The van der Waals surface area contributed by atoms with Crippen molar-refractivity contribution in [3.8, 4) is 0 Å². The summed E-state index contributed by atoms with van der Waals surface area (Å²) >= 11 is 0. The number of hydrogen-bond donors (Lipinski definition) is 0. The number of piperidine rings is 1. The predicted octanol–water partition coefficient (Wildman–Crippen LogP) is 2.08. The lowest BCUT2D eigenvalue weighted by Crippen LogP contribution is -2.44. The predicted molar refractivity (Wildman–Crippen MR) is 75.9 cm³/mol. The molecule has 0 N–H and O–H groups in total. The van der Waals surface area contributed by atoms with Crippen LogP contribution >= 0.6 is 0 Å². The summed E-state index contributed by atoms with van der Waals surface area (Å²) in [5.74, 6) is 0.914. The van der Waals surface area contributed by atoms with E-state index in [2.05, 4.69) is 30.6 Å². The quantitative estimate of drug-likeness (QED) is 0.767. The fourth-order valence-corrected chi connectivity index (χ4v) is 3.13. The minimum absolute atomic E-state index is 0.496. The summed E-state index contributed by atoms with van der Waals surface area (Å²) in [6.45, 7) is 16.3. The molecular formula is C15H30N2O. The van der Waals surface area contributed by atoms with Gasteiger partial charge in [-0.15, -0.1) is 0 Å². The molecule has 0 radical (unpaired) electrons. The molecule has 0 bridgehead atoms. The van der Waals surface area contributed by atoms with Crippen molar-refractivity contribution in [3.05, 3.63) is 0 Å². The molecule has 0 atom stereocenters. The Bertz CT molecular complexity index is 235. The molecule has 2 aliphatic heterocycles. The third kappa shape index (κ3) is 4.22. The second-order valence-corrected chi connectivity index (χ2v) is 6.94. The van der Waals surface area contributed by atoms with E-state index in [0.717, 1.165) is 32.2 Å². The molecule has 0 aliphatic carbocycles. The van der Waals surface area contributed by atoms with Crippen LogP contribution in [0.15, 0.2) is 0 Å². The normalized spacial score (nSPS) is 25.5. The van der Waals surface area contributed by atoms with Gasteiger partial charge in [0.15, 0.2) is 0 Å². The van der Waals surface area contributed by atoms with Crippen molar-refractivity contribution in [1.82, 2.24) is 9.80 Å². The van der Waals surface area contributed by atoms with Crippen molar-refractivity contribution in [2.45, 2.75) is 33.6 Å². The van der Waals surface area contributed by atoms with Crippen LogP contribution in [-0.4, -0.2) is 62.3 Å². The molecule has 18 heavy (non-hydrogen) atoms. The molecule has 3 nitrogen and oxygen atoms in total. The number of hydrogen-bond acceptors (Lipinski definition) is 3. The number of rotatable bonds is 3. The fraction of sp³-hybridized carbons (Fsp3) is 1.00. The van der Waals surface area contributed by atoms with E-state index >= 15 is 0 Å². The van der Waals surface area contributed by atoms with Gasteiger partial charge in [-0.2, -0.15) is 0 Å². The van der Waals surface area contributed by atoms with Gasteiger partial charge in [-0.3, -0.25) is 4.90 Å². The molecule has 0 saturated carbocycles. The van der Waals surface area contributed by atoms with Crippen molar-refractivity contribution in [1.29, 1.82) is 0 Å². The summed E-state index contributed by atoms with van der Waals surface area (Å²) in [7, 11) is 0. The lowest BCUT2D eigenvalue weighted by atomic mass is 9.75. The van der Waals surface area contributed by atoms with Gasteiger partial charge < -0.3 is 9.64 Å². The second kappa shape index (κ2) is 6.36. The van der Waals surface area contributed by atoms with E-state index in [1.54, 1.807) is 0 Å². The maximum absolute atomic E-state index is 5.39. The number of nitrogens with zero attached hydrogens (tertiary/aromatic N) is 2. The Morgan fingerprint density at radius 3 is 1.89 bits per heavy atom. The minimum Gasteiger partial charge on any atom is -0.379 e. The third-order valence-electron chi connectivity index (χ3n) is 4.65. The van der Waals surface area contributed by atoms with E-state index in [1.807, 2.05) is 0 Å². The highest BCUT2D eigenvalue weighted by Gasteiger charge is 2.28. The van der Waals surface area contributed by atoms with Crippen LogP contribution in [0.4, 0.5) is 0 Å². The zero-order chi connectivity index (χ0) is 13.0. The Labute approximate surface area is 112 Å². The lowest BCUT2D eigenvalue weighted by molar-refractivity contribution is 0.0292. The molecule has 0 aromatic rings. The van der Waals surface area contributed by atoms with Gasteiger partial charge in [0, 0.05) is 26.2 Å². The van der Waals surface area contributed by atoms with Crippen molar-refractivity contribution in [2.24, 2.45) is 11.3 Å². The van der Waals surface area contributed by atoms with Crippen molar-refractivity contribution < 1.29 is 4.74 Å². The SMILES string of the molecule is CC(C)(C)C1CCN(CCN2CCOCC2)CC1. The van der Waals surface area contributed by atoms with Crippen LogP contribution in [0.25, 0.3) is 0 Å². The first-order chi connectivity index (χ1) is 8.55. The summed E-state index contributed by atoms with van der Waals surface area (Å²) < 4.78 is 5.39. The Balaban J connectivity index is 1.64. The van der Waals surface area contributed by atoms with E-state index in [4.69, 9.17) is 4.74 Å². The average molecular weight is 254 g/mol. The zero-order valence-electron chi connectivity index (χ0n) is 12.5. The van der Waals surface area contributed by atoms with Gasteiger partial charge in [0.1, 0.15) is 0 Å². The van der Waals surface area contributed by atoms with Crippen LogP contribution in [0.5, 0.6) is 0 Å². The van der Waals surface area contributed by atoms with Crippen LogP contribution < -0.4 is 0 Å². The smallest absolute Gasteiger partial charge is 0.0594 e. The second-order valence-electron chi connectivity index (χ2n) is 6.94. The maximum Gasteiger partial charge on any atom is 0.0594 e. The molecule has 106 valence electrons. The third-order valence-corrected chi connectivity index (χ3v) is 4.65. The van der Waals surface area contributed by atoms with Crippen LogP contribution in [0.1, 0.15) is 33.6 Å². The number of likely N-dealkylation sites (tertiary alicyclic amines) is 1. The van der Waals surface area contributed by atoms with Gasteiger partial charge in [0.25, 0.3) is 0 Å². The van der Waals surface area contributed by atoms with E-state index < -0.39 is 0 Å². The van der Waals surface area contributed by atoms with Gasteiger partial charge in [-0.25, -0.2) is 0 Å². The van der Waals surface area contributed by atoms with Crippen LogP contribution in [0.3, 0.4) is 0 Å². The van der Waals surface area contributed by atoms with Gasteiger partial charge in [-0.05, 0) is 37.3 Å². The molecule has 2 saturated heterocycles. The monoisotopic (exact) mass is 254 g/mol. The van der Waals surface area contributed by atoms with Crippen LogP contribution in [0.2, 0.25) is 0 Å². The molecule has 3 heteroatoms. The molecule has 0 amide bonds.